The third kappa shape index (κ3) is 2.31. The number of thioether (sulfide) groups is 1. The monoisotopic (exact) mass is 363 g/mol. The van der Waals surface area contributed by atoms with Gasteiger partial charge in [-0.3, -0.25) is 9.20 Å². The van der Waals surface area contributed by atoms with E-state index in [4.69, 9.17) is 0 Å². The number of aromatic nitrogens is 4. The molecule has 0 bridgehead atoms. The summed E-state index contributed by atoms with van der Waals surface area (Å²) in [6, 6.07) is 16.0. The number of H-pyrrole nitrogens is 1. The van der Waals surface area contributed by atoms with Crippen molar-refractivity contribution in [2.45, 2.75) is 23.8 Å². The van der Waals surface area contributed by atoms with Crippen LogP contribution in [0, 0.1) is 0 Å². The summed E-state index contributed by atoms with van der Waals surface area (Å²) >= 11 is 1.46. The highest BCUT2D eigenvalue weighted by Crippen LogP contribution is 2.32. The summed E-state index contributed by atoms with van der Waals surface area (Å²) in [6.45, 7) is 2.68. The van der Waals surface area contributed by atoms with Gasteiger partial charge in [0.05, 0.1) is 16.3 Å². The van der Waals surface area contributed by atoms with E-state index in [0.29, 0.717) is 5.78 Å². The molecule has 1 N–H and O–H groups in total. The highest BCUT2D eigenvalue weighted by Gasteiger charge is 2.29. The predicted octanol–water partition coefficient (Wildman–Crippen LogP) is 3.28. The molecule has 0 radical (unpaired) electrons. The van der Waals surface area contributed by atoms with Gasteiger partial charge in [-0.25, -0.2) is 10.1 Å². The number of nitrogens with one attached hydrogen (secondary N) is 1. The summed E-state index contributed by atoms with van der Waals surface area (Å²) in [5.41, 5.74) is 4.17. The molecule has 1 amide bonds. The number of fused-ring (bicyclic) bond motifs is 4. The standard InChI is InChI=1S/C19H17N5OS/c1-12(17(25)23-11-10-13-6-2-4-8-15(13)23)26-19-22-21-18-20-14-7-3-5-9-16(14)24(18)19/h2-9,12H,10-11H2,1H3,(H,20,21)/t12-/m1/s1. The average Bonchev–Trinajstić information content (AvgIpc) is 3.35. The van der Waals surface area contributed by atoms with Gasteiger partial charge in [0, 0.05) is 12.2 Å². The zero-order valence-corrected chi connectivity index (χ0v) is 15.0. The molecule has 6 nitrogen and oxygen atoms in total. The van der Waals surface area contributed by atoms with Gasteiger partial charge in [0.1, 0.15) is 0 Å². The van der Waals surface area contributed by atoms with E-state index in [1.165, 1.54) is 17.3 Å². The predicted molar refractivity (Wildman–Crippen MR) is 103 cm³/mol. The van der Waals surface area contributed by atoms with Crippen LogP contribution < -0.4 is 4.90 Å². The molecule has 1 aliphatic rings. The first-order chi connectivity index (χ1) is 12.7. The Morgan fingerprint density at radius 3 is 2.92 bits per heavy atom. The molecule has 1 aliphatic heterocycles. The van der Waals surface area contributed by atoms with E-state index in [-0.39, 0.29) is 11.2 Å². The van der Waals surface area contributed by atoms with Crippen LogP contribution in [0.4, 0.5) is 5.69 Å². The molecule has 0 unspecified atom stereocenters. The van der Waals surface area contributed by atoms with E-state index in [9.17, 15) is 4.79 Å². The van der Waals surface area contributed by atoms with Crippen molar-refractivity contribution in [3.05, 3.63) is 54.1 Å². The second-order valence-electron chi connectivity index (χ2n) is 6.39. The zero-order valence-electron chi connectivity index (χ0n) is 14.2. The number of hydrogen-bond acceptors (Lipinski definition) is 4. The SMILES string of the molecule is C[C@@H](Sc1n[nH]c2nc3ccccc3n12)C(=O)N1CCc2ccccc21. The van der Waals surface area contributed by atoms with E-state index >= 15 is 0 Å². The van der Waals surface area contributed by atoms with Crippen LogP contribution in [0.15, 0.2) is 53.7 Å². The van der Waals surface area contributed by atoms with E-state index in [1.807, 2.05) is 58.7 Å². The molecular formula is C19H17N5OS. The van der Waals surface area contributed by atoms with Gasteiger partial charge in [0.15, 0.2) is 5.16 Å². The number of aromatic amines is 1. The van der Waals surface area contributed by atoms with Crippen LogP contribution in [0.5, 0.6) is 0 Å². The lowest BCUT2D eigenvalue weighted by Gasteiger charge is -2.20. The Kier molecular flexibility index (Phi) is 3.49. The fourth-order valence-corrected chi connectivity index (χ4v) is 4.45. The van der Waals surface area contributed by atoms with Crippen molar-refractivity contribution < 1.29 is 4.79 Å². The molecule has 4 aromatic rings. The maximum absolute atomic E-state index is 13.0. The van der Waals surface area contributed by atoms with E-state index < -0.39 is 0 Å². The first kappa shape index (κ1) is 15.5. The number of imidazole rings is 1. The van der Waals surface area contributed by atoms with Crippen LogP contribution in [0.2, 0.25) is 0 Å². The Balaban J connectivity index is 1.45. The van der Waals surface area contributed by atoms with Crippen LogP contribution >= 0.6 is 11.8 Å². The molecule has 0 spiro atoms. The van der Waals surface area contributed by atoms with Gasteiger partial charge >= 0.3 is 0 Å². The van der Waals surface area contributed by atoms with Crippen LogP contribution in [0.25, 0.3) is 16.8 Å². The second kappa shape index (κ2) is 5.88. The molecule has 2 aromatic carbocycles. The normalized spacial score (nSPS) is 14.9. The Hall–Kier alpha value is -2.80. The van der Waals surface area contributed by atoms with E-state index in [2.05, 4.69) is 21.2 Å². The van der Waals surface area contributed by atoms with Crippen molar-refractivity contribution in [1.82, 2.24) is 19.6 Å². The number of amides is 1. The van der Waals surface area contributed by atoms with E-state index in [1.54, 1.807) is 0 Å². The van der Waals surface area contributed by atoms with Crippen LogP contribution in [0.1, 0.15) is 12.5 Å². The Labute approximate surface area is 154 Å². The lowest BCUT2D eigenvalue weighted by atomic mass is 10.2. The number of benzene rings is 2. The van der Waals surface area contributed by atoms with Crippen molar-refractivity contribution in [3.8, 4) is 0 Å². The lowest BCUT2D eigenvalue weighted by molar-refractivity contribution is -0.117. The summed E-state index contributed by atoms with van der Waals surface area (Å²) in [4.78, 5) is 19.4. The number of carbonyl (C=O) groups excluding carboxylic acids is 1. The summed E-state index contributed by atoms with van der Waals surface area (Å²) in [5, 5.41) is 7.84. The summed E-state index contributed by atoms with van der Waals surface area (Å²) in [7, 11) is 0. The number of hydrogen-bond donors (Lipinski definition) is 1. The molecule has 0 fully saturated rings. The average molecular weight is 363 g/mol. The number of nitrogens with zero attached hydrogens (tertiary/aromatic N) is 4. The molecule has 1 atom stereocenters. The highest BCUT2D eigenvalue weighted by molar-refractivity contribution is 8.00. The first-order valence-corrected chi connectivity index (χ1v) is 9.48. The quantitative estimate of drug-likeness (QED) is 0.567. The minimum absolute atomic E-state index is 0.112. The minimum Gasteiger partial charge on any atom is -0.311 e. The maximum atomic E-state index is 13.0. The van der Waals surface area contributed by atoms with Crippen molar-refractivity contribution in [2.75, 3.05) is 11.4 Å². The molecule has 0 saturated carbocycles. The topological polar surface area (TPSA) is 66.3 Å². The number of carbonyl (C=O) groups is 1. The van der Waals surface area contributed by atoms with Crippen LogP contribution in [-0.4, -0.2) is 37.3 Å². The molecular weight excluding hydrogens is 346 g/mol. The summed E-state index contributed by atoms with van der Waals surface area (Å²) in [5.74, 6) is 0.806. The largest absolute Gasteiger partial charge is 0.311 e. The minimum atomic E-state index is -0.242. The van der Waals surface area contributed by atoms with Gasteiger partial charge < -0.3 is 4.90 Å². The maximum Gasteiger partial charge on any atom is 0.240 e. The van der Waals surface area contributed by atoms with Crippen LogP contribution in [0.3, 0.4) is 0 Å². The molecule has 7 heteroatoms. The molecule has 5 rings (SSSR count). The van der Waals surface area contributed by atoms with Crippen molar-refractivity contribution in [3.63, 3.8) is 0 Å². The first-order valence-electron chi connectivity index (χ1n) is 8.60. The Morgan fingerprint density at radius 1 is 1.19 bits per heavy atom. The van der Waals surface area contributed by atoms with Gasteiger partial charge in [0.25, 0.3) is 0 Å². The fourth-order valence-electron chi connectivity index (χ4n) is 3.52. The molecule has 0 saturated heterocycles. The molecule has 3 heterocycles. The van der Waals surface area contributed by atoms with Gasteiger partial charge in [0.2, 0.25) is 11.7 Å². The summed E-state index contributed by atoms with van der Waals surface area (Å²) in [6.07, 6.45) is 0.915. The van der Waals surface area contributed by atoms with Gasteiger partial charge in [-0.15, -0.1) is 5.10 Å². The van der Waals surface area contributed by atoms with Gasteiger partial charge in [-0.05, 0) is 37.1 Å². The van der Waals surface area contributed by atoms with Crippen molar-refractivity contribution >= 4 is 40.2 Å². The fraction of sp³-hybridized carbons (Fsp3) is 0.211. The molecule has 2 aromatic heterocycles. The van der Waals surface area contributed by atoms with Crippen molar-refractivity contribution in [2.24, 2.45) is 0 Å². The molecule has 130 valence electrons. The number of rotatable bonds is 3. The Bertz CT molecular complexity index is 1130. The second-order valence-corrected chi connectivity index (χ2v) is 7.70. The summed E-state index contributed by atoms with van der Waals surface area (Å²) < 4.78 is 1.97. The zero-order chi connectivity index (χ0) is 17.7. The molecule has 0 aliphatic carbocycles. The number of anilines is 1. The third-order valence-corrected chi connectivity index (χ3v) is 5.83. The smallest absolute Gasteiger partial charge is 0.240 e. The highest BCUT2D eigenvalue weighted by atomic mass is 32.2. The van der Waals surface area contributed by atoms with Gasteiger partial charge in [-0.2, -0.15) is 0 Å². The van der Waals surface area contributed by atoms with Crippen molar-refractivity contribution in [1.29, 1.82) is 0 Å². The van der Waals surface area contributed by atoms with Gasteiger partial charge in [-0.1, -0.05) is 42.1 Å². The number of para-hydroxylation sites is 3. The lowest BCUT2D eigenvalue weighted by Crippen LogP contribution is -2.35. The third-order valence-electron chi connectivity index (χ3n) is 4.79. The Morgan fingerprint density at radius 2 is 2.00 bits per heavy atom. The molecule has 26 heavy (non-hydrogen) atoms. The van der Waals surface area contributed by atoms with Crippen LogP contribution in [-0.2, 0) is 11.2 Å². The van der Waals surface area contributed by atoms with E-state index in [0.717, 1.165) is 34.8 Å².